The Hall–Kier alpha value is -2.29. The van der Waals surface area contributed by atoms with Gasteiger partial charge < -0.3 is 10.0 Å². The zero-order chi connectivity index (χ0) is 13.9. The number of phenols is 1. The van der Waals surface area contributed by atoms with Crippen LogP contribution in [-0.4, -0.2) is 24.0 Å². The average Bonchev–Trinajstić information content (AvgIpc) is 3.02. The smallest absolute Gasteiger partial charge is 0.193 e. The number of ketones is 1. The topological polar surface area (TPSA) is 40.5 Å². The fraction of sp³-hybridized carbons (Fsp3) is 0.235. The molecule has 1 saturated heterocycles. The molecule has 1 heterocycles. The number of carbonyl (C=O) groups is 1. The first-order chi connectivity index (χ1) is 9.74. The Labute approximate surface area is 118 Å². The second-order valence-electron chi connectivity index (χ2n) is 5.12. The van der Waals surface area contributed by atoms with Gasteiger partial charge in [0, 0.05) is 29.9 Å². The molecule has 0 amide bonds. The Kier molecular flexibility index (Phi) is 3.42. The maximum absolute atomic E-state index is 12.3. The van der Waals surface area contributed by atoms with E-state index in [0.29, 0.717) is 11.1 Å². The molecule has 1 aliphatic heterocycles. The second kappa shape index (κ2) is 5.37. The number of anilines is 1. The van der Waals surface area contributed by atoms with Crippen molar-refractivity contribution >= 4 is 11.5 Å². The van der Waals surface area contributed by atoms with E-state index in [1.54, 1.807) is 12.1 Å². The molecule has 102 valence electrons. The van der Waals surface area contributed by atoms with E-state index in [2.05, 4.69) is 4.90 Å². The standard InChI is InChI=1S/C17H17NO2/c19-16-9-5-14(6-10-16)17(20)13-3-7-15(8-4-13)18-11-1-2-12-18/h3-10,19H,1-2,11-12H2. The third kappa shape index (κ3) is 2.52. The van der Waals surface area contributed by atoms with Crippen molar-refractivity contribution < 1.29 is 9.90 Å². The average molecular weight is 267 g/mol. The number of hydrogen-bond donors (Lipinski definition) is 1. The van der Waals surface area contributed by atoms with Crippen LogP contribution in [0.3, 0.4) is 0 Å². The molecule has 0 aliphatic carbocycles. The van der Waals surface area contributed by atoms with Crippen molar-refractivity contribution in [1.29, 1.82) is 0 Å². The number of benzene rings is 2. The summed E-state index contributed by atoms with van der Waals surface area (Å²) in [5.74, 6) is 0.156. The minimum atomic E-state index is -0.0158. The predicted molar refractivity (Wildman–Crippen MR) is 79.4 cm³/mol. The molecule has 0 aromatic heterocycles. The van der Waals surface area contributed by atoms with Crippen LogP contribution in [0.5, 0.6) is 5.75 Å². The molecule has 3 heteroatoms. The van der Waals surface area contributed by atoms with Crippen molar-refractivity contribution in [1.82, 2.24) is 0 Å². The summed E-state index contributed by atoms with van der Waals surface area (Å²) in [6, 6.07) is 14.1. The van der Waals surface area contributed by atoms with Gasteiger partial charge in [-0.1, -0.05) is 0 Å². The Morgan fingerprint density at radius 3 is 1.90 bits per heavy atom. The molecule has 1 fully saturated rings. The van der Waals surface area contributed by atoms with Crippen LogP contribution in [0.2, 0.25) is 0 Å². The lowest BCUT2D eigenvalue weighted by Gasteiger charge is -2.17. The summed E-state index contributed by atoms with van der Waals surface area (Å²) in [6.07, 6.45) is 2.49. The molecule has 0 atom stereocenters. The molecule has 0 radical (unpaired) electrons. The first-order valence-electron chi connectivity index (χ1n) is 6.93. The Bertz CT molecular complexity index is 596. The number of hydrogen-bond acceptors (Lipinski definition) is 3. The van der Waals surface area contributed by atoms with Crippen LogP contribution in [-0.2, 0) is 0 Å². The van der Waals surface area contributed by atoms with E-state index in [-0.39, 0.29) is 11.5 Å². The highest BCUT2D eigenvalue weighted by molar-refractivity contribution is 6.09. The lowest BCUT2D eigenvalue weighted by molar-refractivity contribution is 0.103. The number of phenolic OH excluding ortho intramolecular Hbond substituents is 1. The van der Waals surface area contributed by atoms with Gasteiger partial charge in [0.15, 0.2) is 5.78 Å². The van der Waals surface area contributed by atoms with Gasteiger partial charge in [-0.3, -0.25) is 4.79 Å². The van der Waals surface area contributed by atoms with E-state index in [0.717, 1.165) is 13.1 Å². The van der Waals surface area contributed by atoms with E-state index < -0.39 is 0 Å². The second-order valence-corrected chi connectivity index (χ2v) is 5.12. The summed E-state index contributed by atoms with van der Waals surface area (Å²) in [5.41, 5.74) is 2.46. The SMILES string of the molecule is O=C(c1ccc(O)cc1)c1ccc(N2CCCC2)cc1. The molecule has 1 aliphatic rings. The van der Waals surface area contributed by atoms with E-state index in [9.17, 15) is 9.90 Å². The maximum atomic E-state index is 12.3. The van der Waals surface area contributed by atoms with Crippen molar-refractivity contribution in [3.8, 4) is 5.75 Å². The van der Waals surface area contributed by atoms with Crippen LogP contribution in [0.1, 0.15) is 28.8 Å². The van der Waals surface area contributed by atoms with Crippen molar-refractivity contribution in [3.63, 3.8) is 0 Å². The van der Waals surface area contributed by atoms with Gasteiger partial charge in [0.25, 0.3) is 0 Å². The first-order valence-corrected chi connectivity index (χ1v) is 6.93. The monoisotopic (exact) mass is 267 g/mol. The molecule has 0 saturated carbocycles. The van der Waals surface area contributed by atoms with Crippen LogP contribution in [0, 0.1) is 0 Å². The Morgan fingerprint density at radius 1 is 0.850 bits per heavy atom. The van der Waals surface area contributed by atoms with Crippen LogP contribution in [0.15, 0.2) is 48.5 Å². The molecule has 1 N–H and O–H groups in total. The van der Waals surface area contributed by atoms with Gasteiger partial charge >= 0.3 is 0 Å². The third-order valence-electron chi connectivity index (χ3n) is 3.73. The highest BCUT2D eigenvalue weighted by Crippen LogP contribution is 2.21. The van der Waals surface area contributed by atoms with Gasteiger partial charge in [-0.15, -0.1) is 0 Å². The molecular formula is C17H17NO2. The first kappa shape index (κ1) is 12.7. The molecule has 0 unspecified atom stereocenters. The van der Waals surface area contributed by atoms with Crippen molar-refractivity contribution in [2.24, 2.45) is 0 Å². The number of carbonyl (C=O) groups excluding carboxylic acids is 1. The van der Waals surface area contributed by atoms with Crippen molar-refractivity contribution in [3.05, 3.63) is 59.7 Å². The molecule has 3 rings (SSSR count). The van der Waals surface area contributed by atoms with Gasteiger partial charge in [-0.05, 0) is 61.4 Å². The lowest BCUT2D eigenvalue weighted by atomic mass is 10.0. The fourth-order valence-corrected chi connectivity index (χ4v) is 2.58. The minimum Gasteiger partial charge on any atom is -0.508 e. The van der Waals surface area contributed by atoms with Crippen molar-refractivity contribution in [2.45, 2.75) is 12.8 Å². The van der Waals surface area contributed by atoms with Gasteiger partial charge in [0.1, 0.15) is 5.75 Å². The normalized spacial score (nSPS) is 14.5. The largest absolute Gasteiger partial charge is 0.508 e. The number of nitrogens with zero attached hydrogens (tertiary/aromatic N) is 1. The molecule has 20 heavy (non-hydrogen) atoms. The minimum absolute atomic E-state index is 0.0158. The summed E-state index contributed by atoms with van der Waals surface area (Å²) >= 11 is 0. The highest BCUT2D eigenvalue weighted by Gasteiger charge is 2.13. The van der Waals surface area contributed by atoms with Gasteiger partial charge in [0.2, 0.25) is 0 Å². The van der Waals surface area contributed by atoms with E-state index in [4.69, 9.17) is 0 Å². The molecule has 0 bridgehead atoms. The van der Waals surface area contributed by atoms with Crippen LogP contribution in [0.25, 0.3) is 0 Å². The van der Waals surface area contributed by atoms with Gasteiger partial charge in [0.05, 0.1) is 0 Å². The molecule has 0 spiro atoms. The van der Waals surface area contributed by atoms with E-state index in [1.165, 1.54) is 30.7 Å². The number of aromatic hydroxyl groups is 1. The zero-order valence-electron chi connectivity index (χ0n) is 11.2. The summed E-state index contributed by atoms with van der Waals surface area (Å²) in [5, 5.41) is 9.25. The van der Waals surface area contributed by atoms with Crippen LogP contribution >= 0.6 is 0 Å². The fourth-order valence-electron chi connectivity index (χ4n) is 2.58. The van der Waals surface area contributed by atoms with Crippen molar-refractivity contribution in [2.75, 3.05) is 18.0 Å². The number of rotatable bonds is 3. The molecular weight excluding hydrogens is 250 g/mol. The molecule has 2 aromatic carbocycles. The van der Waals surface area contributed by atoms with Gasteiger partial charge in [-0.25, -0.2) is 0 Å². The highest BCUT2D eigenvalue weighted by atomic mass is 16.3. The predicted octanol–water partition coefficient (Wildman–Crippen LogP) is 3.22. The lowest BCUT2D eigenvalue weighted by Crippen LogP contribution is -2.17. The van der Waals surface area contributed by atoms with Crippen LogP contribution in [0.4, 0.5) is 5.69 Å². The summed E-state index contributed by atoms with van der Waals surface area (Å²) in [6.45, 7) is 2.20. The van der Waals surface area contributed by atoms with E-state index in [1.807, 2.05) is 24.3 Å². The third-order valence-corrected chi connectivity index (χ3v) is 3.73. The molecule has 3 nitrogen and oxygen atoms in total. The summed E-state index contributed by atoms with van der Waals surface area (Å²) in [4.78, 5) is 14.6. The summed E-state index contributed by atoms with van der Waals surface area (Å²) in [7, 11) is 0. The van der Waals surface area contributed by atoms with Crippen LogP contribution < -0.4 is 4.90 Å². The summed E-state index contributed by atoms with van der Waals surface area (Å²) < 4.78 is 0. The Balaban J connectivity index is 1.80. The Morgan fingerprint density at radius 2 is 1.35 bits per heavy atom. The zero-order valence-corrected chi connectivity index (χ0v) is 11.2. The van der Waals surface area contributed by atoms with E-state index >= 15 is 0 Å². The van der Waals surface area contributed by atoms with Gasteiger partial charge in [-0.2, -0.15) is 0 Å². The quantitative estimate of drug-likeness (QED) is 0.868. The maximum Gasteiger partial charge on any atom is 0.193 e. The molecule has 2 aromatic rings.